The highest BCUT2D eigenvalue weighted by Gasteiger charge is 2.14. The molecule has 0 aliphatic carbocycles. The Hall–Kier alpha value is -1.50. The Morgan fingerprint density at radius 2 is 2.26 bits per heavy atom. The fraction of sp³-hybridized carbons (Fsp3) is 0.0833. The van der Waals surface area contributed by atoms with E-state index >= 15 is 0 Å². The van der Waals surface area contributed by atoms with Crippen LogP contribution >= 0.6 is 35.2 Å². The third-order valence-electron chi connectivity index (χ3n) is 2.45. The zero-order chi connectivity index (χ0) is 14.0. The minimum Gasteiger partial charge on any atom is -0.389 e. The van der Waals surface area contributed by atoms with Gasteiger partial charge in [0.15, 0.2) is 0 Å². The SMILES string of the molecule is Cc1ncsc1C(=O)Nc1cc(Cl)ccc1C(N)=S. The van der Waals surface area contributed by atoms with Gasteiger partial charge in [-0.25, -0.2) is 4.98 Å². The van der Waals surface area contributed by atoms with Crippen LogP contribution in [0.1, 0.15) is 20.9 Å². The molecule has 0 fully saturated rings. The fourth-order valence-corrected chi connectivity index (χ4v) is 2.58. The first kappa shape index (κ1) is 13.9. The van der Waals surface area contributed by atoms with Crippen molar-refractivity contribution >= 4 is 51.7 Å². The van der Waals surface area contributed by atoms with Crippen LogP contribution in [0.25, 0.3) is 0 Å². The number of halogens is 1. The van der Waals surface area contributed by atoms with Crippen LogP contribution in [0.5, 0.6) is 0 Å². The van der Waals surface area contributed by atoms with Crippen molar-refractivity contribution in [3.63, 3.8) is 0 Å². The van der Waals surface area contributed by atoms with Crippen molar-refractivity contribution in [1.29, 1.82) is 0 Å². The molecule has 0 aliphatic heterocycles. The number of aromatic nitrogens is 1. The summed E-state index contributed by atoms with van der Waals surface area (Å²) in [6, 6.07) is 4.97. The maximum atomic E-state index is 12.1. The lowest BCUT2D eigenvalue weighted by Gasteiger charge is -2.10. The molecule has 0 radical (unpaired) electrons. The van der Waals surface area contributed by atoms with Crippen LogP contribution in [0.15, 0.2) is 23.7 Å². The second-order valence-electron chi connectivity index (χ2n) is 3.78. The molecule has 2 rings (SSSR count). The van der Waals surface area contributed by atoms with Gasteiger partial charge in [0, 0.05) is 10.6 Å². The van der Waals surface area contributed by atoms with Gasteiger partial charge in [-0.3, -0.25) is 4.79 Å². The lowest BCUT2D eigenvalue weighted by atomic mass is 10.1. The van der Waals surface area contributed by atoms with Gasteiger partial charge in [0.1, 0.15) is 9.87 Å². The summed E-state index contributed by atoms with van der Waals surface area (Å²) in [5.74, 6) is -0.250. The van der Waals surface area contributed by atoms with Crippen molar-refractivity contribution < 1.29 is 4.79 Å². The summed E-state index contributed by atoms with van der Waals surface area (Å²) in [5.41, 5.74) is 9.00. The predicted octanol–water partition coefficient (Wildman–Crippen LogP) is 2.99. The smallest absolute Gasteiger partial charge is 0.267 e. The number of aryl methyl sites for hydroxylation is 1. The van der Waals surface area contributed by atoms with Crippen LogP contribution in [0.2, 0.25) is 5.02 Å². The number of thiocarbonyl (C=S) groups is 1. The summed E-state index contributed by atoms with van der Waals surface area (Å²) < 4.78 is 0. The third kappa shape index (κ3) is 3.09. The number of hydrogen-bond donors (Lipinski definition) is 2. The summed E-state index contributed by atoms with van der Waals surface area (Å²) in [5, 5.41) is 3.25. The van der Waals surface area contributed by atoms with E-state index < -0.39 is 0 Å². The van der Waals surface area contributed by atoms with Crippen LogP contribution in [-0.4, -0.2) is 15.9 Å². The zero-order valence-corrected chi connectivity index (χ0v) is 12.3. The molecule has 0 spiro atoms. The number of thiazole rings is 1. The molecular formula is C12H10ClN3OS2. The van der Waals surface area contributed by atoms with Gasteiger partial charge in [-0.2, -0.15) is 0 Å². The largest absolute Gasteiger partial charge is 0.389 e. The Bertz CT molecular complexity index is 654. The topological polar surface area (TPSA) is 68.0 Å². The van der Waals surface area contributed by atoms with E-state index in [-0.39, 0.29) is 10.9 Å². The molecule has 19 heavy (non-hydrogen) atoms. The second kappa shape index (κ2) is 5.64. The molecule has 0 saturated heterocycles. The van der Waals surface area contributed by atoms with Gasteiger partial charge in [0.25, 0.3) is 5.91 Å². The first-order valence-electron chi connectivity index (χ1n) is 5.30. The Labute approximate surface area is 124 Å². The number of rotatable bonds is 3. The number of nitrogens with one attached hydrogen (secondary N) is 1. The van der Waals surface area contributed by atoms with Gasteiger partial charge in [0.2, 0.25) is 0 Å². The molecular weight excluding hydrogens is 302 g/mol. The highest BCUT2D eigenvalue weighted by atomic mass is 35.5. The van der Waals surface area contributed by atoms with E-state index in [1.807, 2.05) is 0 Å². The molecule has 7 heteroatoms. The third-order valence-corrected chi connectivity index (χ3v) is 3.83. The minimum absolute atomic E-state index is 0.202. The fourth-order valence-electron chi connectivity index (χ4n) is 1.53. The molecule has 4 nitrogen and oxygen atoms in total. The van der Waals surface area contributed by atoms with Crippen molar-refractivity contribution in [3.8, 4) is 0 Å². The molecule has 1 heterocycles. The van der Waals surface area contributed by atoms with Crippen LogP contribution < -0.4 is 11.1 Å². The van der Waals surface area contributed by atoms with E-state index in [2.05, 4.69) is 10.3 Å². The van der Waals surface area contributed by atoms with Crippen LogP contribution in [0, 0.1) is 6.92 Å². The predicted molar refractivity (Wildman–Crippen MR) is 82.1 cm³/mol. The average molecular weight is 312 g/mol. The summed E-state index contributed by atoms with van der Waals surface area (Å²) in [6.45, 7) is 1.78. The quantitative estimate of drug-likeness (QED) is 0.855. The van der Waals surface area contributed by atoms with Gasteiger partial charge in [-0.15, -0.1) is 11.3 Å². The van der Waals surface area contributed by atoms with Crippen LogP contribution in [0.4, 0.5) is 5.69 Å². The van der Waals surface area contributed by atoms with Crippen molar-refractivity contribution in [3.05, 3.63) is 44.9 Å². The number of nitrogens with zero attached hydrogens (tertiary/aromatic N) is 1. The number of anilines is 1. The zero-order valence-electron chi connectivity index (χ0n) is 9.94. The molecule has 0 saturated carbocycles. The van der Waals surface area contributed by atoms with Gasteiger partial charge in [-0.05, 0) is 25.1 Å². The van der Waals surface area contributed by atoms with E-state index in [1.54, 1.807) is 30.6 Å². The summed E-state index contributed by atoms with van der Waals surface area (Å²) in [4.78, 5) is 16.9. The van der Waals surface area contributed by atoms with E-state index in [4.69, 9.17) is 29.6 Å². The number of nitrogens with two attached hydrogens (primary N) is 1. The molecule has 2 aromatic rings. The van der Waals surface area contributed by atoms with E-state index in [9.17, 15) is 4.79 Å². The van der Waals surface area contributed by atoms with E-state index in [0.29, 0.717) is 26.8 Å². The number of hydrogen-bond acceptors (Lipinski definition) is 4. The molecule has 1 amide bonds. The average Bonchev–Trinajstić information content (AvgIpc) is 2.75. The van der Waals surface area contributed by atoms with Crippen LogP contribution in [0.3, 0.4) is 0 Å². The maximum Gasteiger partial charge on any atom is 0.267 e. The lowest BCUT2D eigenvalue weighted by molar-refractivity contribution is 0.103. The Kier molecular flexibility index (Phi) is 4.14. The molecule has 0 bridgehead atoms. The lowest BCUT2D eigenvalue weighted by Crippen LogP contribution is -2.17. The summed E-state index contributed by atoms with van der Waals surface area (Å²) >= 11 is 12.1. The van der Waals surface area contributed by atoms with Gasteiger partial charge < -0.3 is 11.1 Å². The summed E-state index contributed by atoms with van der Waals surface area (Å²) in [6.07, 6.45) is 0. The van der Waals surface area contributed by atoms with Gasteiger partial charge in [-0.1, -0.05) is 23.8 Å². The monoisotopic (exact) mass is 311 g/mol. The Morgan fingerprint density at radius 1 is 1.53 bits per heavy atom. The van der Waals surface area contributed by atoms with Crippen molar-refractivity contribution in [1.82, 2.24) is 4.98 Å². The Balaban J connectivity index is 2.33. The first-order chi connectivity index (χ1) is 8.99. The number of carbonyl (C=O) groups excluding carboxylic acids is 1. The van der Waals surface area contributed by atoms with E-state index in [0.717, 1.165) is 0 Å². The molecule has 1 aromatic heterocycles. The number of carbonyl (C=O) groups is 1. The van der Waals surface area contributed by atoms with Gasteiger partial charge >= 0.3 is 0 Å². The molecule has 1 aromatic carbocycles. The van der Waals surface area contributed by atoms with Gasteiger partial charge in [0.05, 0.1) is 16.9 Å². The van der Waals surface area contributed by atoms with E-state index in [1.165, 1.54) is 11.3 Å². The minimum atomic E-state index is -0.250. The summed E-state index contributed by atoms with van der Waals surface area (Å²) in [7, 11) is 0. The first-order valence-corrected chi connectivity index (χ1v) is 6.96. The van der Waals surface area contributed by atoms with Crippen molar-refractivity contribution in [2.24, 2.45) is 5.73 Å². The molecule has 0 aliphatic rings. The molecule has 3 N–H and O–H groups in total. The van der Waals surface area contributed by atoms with Crippen molar-refractivity contribution in [2.45, 2.75) is 6.92 Å². The second-order valence-corrected chi connectivity index (χ2v) is 5.51. The molecule has 98 valence electrons. The standard InChI is InChI=1S/C12H10ClN3OS2/c1-6-10(19-5-15-6)12(17)16-9-4-7(13)2-3-8(9)11(14)18/h2-5H,1H3,(H2,14,18)(H,16,17). The normalized spacial score (nSPS) is 10.2. The molecule has 0 atom stereocenters. The molecule has 0 unspecified atom stereocenters. The highest BCUT2D eigenvalue weighted by molar-refractivity contribution is 7.80. The number of amides is 1. The highest BCUT2D eigenvalue weighted by Crippen LogP contribution is 2.23. The Morgan fingerprint density at radius 3 is 2.84 bits per heavy atom. The van der Waals surface area contributed by atoms with Crippen LogP contribution in [-0.2, 0) is 0 Å². The number of benzene rings is 1. The van der Waals surface area contributed by atoms with Crippen molar-refractivity contribution in [2.75, 3.05) is 5.32 Å². The maximum absolute atomic E-state index is 12.1.